The first-order chi connectivity index (χ1) is 14.8. The molecule has 1 aliphatic heterocycles. The van der Waals surface area contributed by atoms with Crippen molar-refractivity contribution in [1.82, 2.24) is 9.62 Å². The summed E-state index contributed by atoms with van der Waals surface area (Å²) in [6.45, 7) is 0.137. The Bertz CT molecular complexity index is 1200. The van der Waals surface area contributed by atoms with Crippen LogP contribution in [0.25, 0.3) is 0 Å². The first-order valence-corrected chi connectivity index (χ1v) is 10.9. The van der Waals surface area contributed by atoms with Gasteiger partial charge in [0.1, 0.15) is 23.5 Å². The summed E-state index contributed by atoms with van der Waals surface area (Å²) in [5.74, 6) is 0.409. The van der Waals surface area contributed by atoms with Gasteiger partial charge in [0.15, 0.2) is 0 Å². The van der Waals surface area contributed by atoms with Crippen molar-refractivity contribution in [3.63, 3.8) is 0 Å². The van der Waals surface area contributed by atoms with E-state index in [9.17, 15) is 22.7 Å². The van der Waals surface area contributed by atoms with E-state index in [1.165, 1.54) is 48.5 Å². The predicted octanol–water partition coefficient (Wildman–Crippen LogP) is 4.13. The van der Waals surface area contributed by atoms with Gasteiger partial charge in [0.25, 0.3) is 0 Å². The van der Waals surface area contributed by atoms with E-state index < -0.39 is 22.3 Å². The third-order valence-corrected chi connectivity index (χ3v) is 6.86. The second kappa shape index (κ2) is 8.37. The van der Waals surface area contributed by atoms with E-state index in [0.717, 1.165) is 9.87 Å². The molecule has 1 heterocycles. The van der Waals surface area contributed by atoms with Gasteiger partial charge in [0.05, 0.1) is 4.90 Å². The van der Waals surface area contributed by atoms with Gasteiger partial charge in [0.2, 0.25) is 10.0 Å². The van der Waals surface area contributed by atoms with Crippen molar-refractivity contribution in [3.05, 3.63) is 89.7 Å². The Morgan fingerprint density at radius 1 is 1.00 bits per heavy atom. The smallest absolute Gasteiger partial charge is 0.406 e. The fourth-order valence-corrected chi connectivity index (χ4v) is 5.05. The van der Waals surface area contributed by atoms with Crippen molar-refractivity contribution < 1.29 is 27.4 Å². The summed E-state index contributed by atoms with van der Waals surface area (Å²) in [6.07, 6.45) is -1.87. The molecule has 9 heteroatoms. The second-order valence-corrected chi connectivity index (χ2v) is 8.83. The summed E-state index contributed by atoms with van der Waals surface area (Å²) in [7, 11) is -3.99. The molecule has 1 atom stereocenters. The fourth-order valence-electron chi connectivity index (χ4n) is 3.52. The van der Waals surface area contributed by atoms with Gasteiger partial charge in [-0.05, 0) is 66.1 Å². The number of carboxylic acid groups (broad SMARTS) is 1. The minimum atomic E-state index is -3.99. The summed E-state index contributed by atoms with van der Waals surface area (Å²) in [5.41, 5.74) is 1.51. The Labute approximate surface area is 178 Å². The summed E-state index contributed by atoms with van der Waals surface area (Å²) >= 11 is 0. The van der Waals surface area contributed by atoms with Crippen LogP contribution in [-0.4, -0.2) is 30.5 Å². The number of hydrogen-bond acceptors (Lipinski definition) is 4. The van der Waals surface area contributed by atoms with Crippen molar-refractivity contribution in [2.24, 2.45) is 0 Å². The molecule has 1 unspecified atom stereocenters. The van der Waals surface area contributed by atoms with Gasteiger partial charge in [-0.25, -0.2) is 17.6 Å². The maximum absolute atomic E-state index is 13.3. The summed E-state index contributed by atoms with van der Waals surface area (Å²) in [5, 5.41) is 11.6. The maximum atomic E-state index is 13.3. The van der Waals surface area contributed by atoms with Crippen molar-refractivity contribution in [1.29, 1.82) is 0 Å². The Balaban J connectivity index is 1.61. The molecule has 1 amide bonds. The third kappa shape index (κ3) is 4.37. The van der Waals surface area contributed by atoms with Crippen LogP contribution >= 0.6 is 0 Å². The van der Waals surface area contributed by atoms with Crippen LogP contribution < -0.4 is 10.1 Å². The van der Waals surface area contributed by atoms with E-state index in [2.05, 4.69) is 5.32 Å². The first-order valence-electron chi connectivity index (χ1n) is 9.47. The third-order valence-electron chi connectivity index (χ3n) is 4.98. The van der Waals surface area contributed by atoms with Crippen LogP contribution in [0.2, 0.25) is 0 Å². The number of fused-ring (bicyclic) bond motifs is 1. The monoisotopic (exact) mass is 442 g/mol. The van der Waals surface area contributed by atoms with Gasteiger partial charge < -0.3 is 15.2 Å². The topological polar surface area (TPSA) is 95.9 Å². The average Bonchev–Trinajstić information content (AvgIpc) is 2.75. The van der Waals surface area contributed by atoms with Crippen LogP contribution in [0.5, 0.6) is 11.5 Å². The highest BCUT2D eigenvalue weighted by Gasteiger charge is 2.37. The van der Waals surface area contributed by atoms with E-state index >= 15 is 0 Å². The molecular weight excluding hydrogens is 423 g/mol. The van der Waals surface area contributed by atoms with Gasteiger partial charge in [-0.3, -0.25) is 0 Å². The number of rotatable bonds is 5. The van der Waals surface area contributed by atoms with Gasteiger partial charge in [-0.1, -0.05) is 24.3 Å². The molecule has 0 aliphatic carbocycles. The van der Waals surface area contributed by atoms with Crippen molar-refractivity contribution >= 4 is 16.1 Å². The molecule has 0 spiro atoms. The predicted molar refractivity (Wildman–Crippen MR) is 111 cm³/mol. The van der Waals surface area contributed by atoms with E-state index in [-0.39, 0.29) is 17.3 Å². The highest BCUT2D eigenvalue weighted by atomic mass is 32.2. The fraction of sp³-hybridized carbons (Fsp3) is 0.136. The number of amides is 1. The van der Waals surface area contributed by atoms with Crippen LogP contribution in [0.1, 0.15) is 17.3 Å². The van der Waals surface area contributed by atoms with Gasteiger partial charge in [-0.15, -0.1) is 0 Å². The molecule has 0 fully saturated rings. The Morgan fingerprint density at radius 2 is 1.61 bits per heavy atom. The van der Waals surface area contributed by atoms with Crippen LogP contribution in [0.3, 0.4) is 0 Å². The number of ether oxygens (including phenoxy) is 1. The Kier molecular flexibility index (Phi) is 5.62. The molecule has 2 N–H and O–H groups in total. The van der Waals surface area contributed by atoms with Gasteiger partial charge in [-0.2, -0.15) is 4.31 Å². The lowest BCUT2D eigenvalue weighted by Crippen LogP contribution is -2.47. The lowest BCUT2D eigenvalue weighted by Gasteiger charge is -2.36. The highest BCUT2D eigenvalue weighted by Crippen LogP contribution is 2.33. The molecule has 0 radical (unpaired) electrons. The number of sulfonamides is 1. The molecule has 1 aliphatic rings. The zero-order chi connectivity index (χ0) is 22.0. The zero-order valence-electron chi connectivity index (χ0n) is 16.2. The lowest BCUT2D eigenvalue weighted by molar-refractivity contribution is 0.173. The molecule has 0 bridgehead atoms. The molecule has 0 aromatic heterocycles. The number of halogens is 1. The van der Waals surface area contributed by atoms with E-state index in [1.54, 1.807) is 12.1 Å². The molecule has 0 saturated heterocycles. The largest absolute Gasteiger partial charge is 0.465 e. The van der Waals surface area contributed by atoms with E-state index in [4.69, 9.17) is 4.74 Å². The SMILES string of the molecule is O=C(O)NC1c2ccccc2CCN1S(=O)(=O)c1ccc(Oc2ccc(F)cc2)cc1. The molecule has 4 rings (SSSR count). The normalized spacial score (nSPS) is 16.4. The molecule has 7 nitrogen and oxygen atoms in total. The number of carbonyl (C=O) groups is 1. The second-order valence-electron chi connectivity index (χ2n) is 6.94. The molecular formula is C22H19FN2O5S. The van der Waals surface area contributed by atoms with Crippen molar-refractivity contribution in [3.8, 4) is 11.5 Å². The van der Waals surface area contributed by atoms with Crippen molar-refractivity contribution in [2.75, 3.05) is 6.54 Å². The highest BCUT2D eigenvalue weighted by molar-refractivity contribution is 7.89. The summed E-state index contributed by atoms with van der Waals surface area (Å²) in [4.78, 5) is 11.4. The Morgan fingerprint density at radius 3 is 2.26 bits per heavy atom. The van der Waals surface area contributed by atoms with Crippen LogP contribution in [0.4, 0.5) is 9.18 Å². The van der Waals surface area contributed by atoms with E-state index in [0.29, 0.717) is 23.5 Å². The zero-order valence-corrected chi connectivity index (χ0v) is 17.0. The quantitative estimate of drug-likeness (QED) is 0.619. The first kappa shape index (κ1) is 20.8. The number of nitrogens with one attached hydrogen (secondary N) is 1. The maximum Gasteiger partial charge on any atom is 0.406 e. The lowest BCUT2D eigenvalue weighted by atomic mass is 9.98. The molecule has 0 saturated carbocycles. The summed E-state index contributed by atoms with van der Waals surface area (Å²) in [6, 6.07) is 18.4. The number of hydrogen-bond donors (Lipinski definition) is 2. The molecule has 3 aromatic rings. The molecule has 31 heavy (non-hydrogen) atoms. The van der Waals surface area contributed by atoms with Crippen molar-refractivity contribution in [2.45, 2.75) is 17.5 Å². The Hall–Kier alpha value is -3.43. The number of benzene rings is 3. The van der Waals surface area contributed by atoms with Crippen LogP contribution in [-0.2, 0) is 16.4 Å². The minimum Gasteiger partial charge on any atom is -0.465 e. The number of nitrogens with zero attached hydrogens (tertiary/aromatic N) is 1. The van der Waals surface area contributed by atoms with Gasteiger partial charge >= 0.3 is 6.09 Å². The van der Waals surface area contributed by atoms with Crippen LogP contribution in [0.15, 0.2) is 77.7 Å². The van der Waals surface area contributed by atoms with Crippen LogP contribution in [0, 0.1) is 5.82 Å². The summed E-state index contributed by atoms with van der Waals surface area (Å²) < 4.78 is 46.4. The average molecular weight is 442 g/mol. The van der Waals surface area contributed by atoms with Gasteiger partial charge in [0, 0.05) is 6.54 Å². The van der Waals surface area contributed by atoms with E-state index in [1.807, 2.05) is 12.1 Å². The minimum absolute atomic E-state index is 0.00975. The molecule has 3 aromatic carbocycles. The molecule has 160 valence electrons. The standard InChI is InChI=1S/C22H19FN2O5S/c23-16-5-7-17(8-6-16)30-18-9-11-19(12-10-18)31(28,29)25-14-13-15-3-1-2-4-20(15)21(25)24-22(26)27/h1-12,21,24H,13-14H2,(H,26,27).